The van der Waals surface area contributed by atoms with Gasteiger partial charge < -0.3 is 10.6 Å². The van der Waals surface area contributed by atoms with Crippen molar-refractivity contribution in [2.45, 2.75) is 17.9 Å². The summed E-state index contributed by atoms with van der Waals surface area (Å²) in [5, 5.41) is 4.70. The Morgan fingerprint density at radius 1 is 1.11 bits per heavy atom. The summed E-state index contributed by atoms with van der Waals surface area (Å²) in [6, 6.07) is 4.87. The van der Waals surface area contributed by atoms with Crippen molar-refractivity contribution in [3.05, 3.63) is 98.6 Å². The van der Waals surface area contributed by atoms with Crippen LogP contribution in [0.15, 0.2) is 48.5 Å². The average Bonchev–Trinajstić information content (AvgIpc) is 3.15. The molecule has 1 aliphatic heterocycles. The van der Waals surface area contributed by atoms with Gasteiger partial charge in [-0.2, -0.15) is 13.2 Å². The minimum Gasteiger partial charge on any atom is -0.341 e. The number of alkyl halides is 3. The first-order valence-electron chi connectivity index (χ1n) is 11.2. The maximum absolute atomic E-state index is 14.0. The fraction of sp³-hybridized carbons (Fsp3) is 0.167. The highest BCUT2D eigenvalue weighted by Crippen LogP contribution is 2.40. The Balaban J connectivity index is 1.92. The van der Waals surface area contributed by atoms with Gasteiger partial charge in [0.25, 0.3) is 11.8 Å². The summed E-state index contributed by atoms with van der Waals surface area (Å²) >= 11 is 6.19. The van der Waals surface area contributed by atoms with Crippen molar-refractivity contribution in [1.29, 1.82) is 0 Å². The Kier molecular flexibility index (Phi) is 6.07. The lowest BCUT2D eigenvalue weighted by Crippen LogP contribution is -2.21. The topological polar surface area (TPSA) is 92.3 Å². The molecule has 1 unspecified atom stereocenters. The van der Waals surface area contributed by atoms with E-state index in [9.17, 15) is 40.0 Å². The molecule has 0 spiro atoms. The number of benzene rings is 3. The predicted octanol–water partition coefficient (Wildman–Crippen LogP) is 5.27. The van der Waals surface area contributed by atoms with Crippen LogP contribution in [0, 0.1) is 11.6 Å². The molecule has 0 saturated heterocycles. The van der Waals surface area contributed by atoms with Gasteiger partial charge in [-0.05, 0) is 54.1 Å². The van der Waals surface area contributed by atoms with Crippen molar-refractivity contribution < 1.29 is 42.7 Å². The molecule has 6 nitrogen and oxygen atoms in total. The first kappa shape index (κ1) is 23.9. The predicted molar refractivity (Wildman–Crippen MR) is 125 cm³/mol. The van der Waals surface area contributed by atoms with Crippen LogP contribution in [0.1, 0.15) is 51.8 Å². The van der Waals surface area contributed by atoms with E-state index in [0.717, 1.165) is 24.3 Å². The molecule has 2 amide bonds. The number of anilines is 1. The molecule has 3 aromatic rings. The zero-order valence-electron chi connectivity index (χ0n) is 20.5. The maximum Gasteiger partial charge on any atom is 0.416 e. The molecular formula is C24H16ClF5N2O4S. The molecule has 1 atom stereocenters. The van der Waals surface area contributed by atoms with Crippen molar-refractivity contribution >= 4 is 38.9 Å². The fourth-order valence-corrected chi connectivity index (χ4v) is 4.63. The zero-order valence-corrected chi connectivity index (χ0v) is 20.1. The van der Waals surface area contributed by atoms with Crippen LogP contribution in [0.5, 0.6) is 0 Å². The van der Waals surface area contributed by atoms with E-state index in [2.05, 4.69) is 10.6 Å². The smallest absolute Gasteiger partial charge is 0.341 e. The Bertz CT molecular complexity index is 1650. The average molecular weight is 561 g/mol. The third kappa shape index (κ3) is 5.75. The number of rotatable bonds is 5. The first-order valence-corrected chi connectivity index (χ1v) is 12.5. The zero-order chi connectivity index (χ0) is 29.1. The number of hydrogen-bond acceptors (Lipinski definition) is 4. The van der Waals surface area contributed by atoms with E-state index in [4.69, 9.17) is 14.3 Å². The summed E-state index contributed by atoms with van der Waals surface area (Å²) in [5.74, 6) is -4.26. The molecule has 1 heterocycles. The number of carbonyl (C=O) groups excluding carboxylic acids is 2. The summed E-state index contributed by atoms with van der Waals surface area (Å²) in [4.78, 5) is 25.9. The molecule has 0 aromatic heterocycles. The van der Waals surface area contributed by atoms with Crippen molar-refractivity contribution in [2.24, 2.45) is 0 Å². The van der Waals surface area contributed by atoms with E-state index in [-0.39, 0.29) is 27.8 Å². The quantitative estimate of drug-likeness (QED) is 0.416. The number of halogens is 6. The van der Waals surface area contributed by atoms with Gasteiger partial charge in [-0.3, -0.25) is 9.59 Å². The van der Waals surface area contributed by atoms with E-state index in [1.807, 2.05) is 0 Å². The molecule has 0 aliphatic carbocycles. The summed E-state index contributed by atoms with van der Waals surface area (Å²) in [6.07, 6.45) is -4.39. The largest absolute Gasteiger partial charge is 0.416 e. The molecule has 3 aromatic carbocycles. The highest BCUT2D eigenvalue weighted by Gasteiger charge is 2.36. The van der Waals surface area contributed by atoms with Crippen LogP contribution in [0.3, 0.4) is 0 Å². The van der Waals surface area contributed by atoms with Crippen LogP contribution >= 0.6 is 11.6 Å². The number of fused-ring (bicyclic) bond motifs is 1. The lowest BCUT2D eigenvalue weighted by molar-refractivity contribution is -0.137. The molecule has 13 heteroatoms. The molecule has 37 heavy (non-hydrogen) atoms. The van der Waals surface area contributed by atoms with Crippen LogP contribution in [0.25, 0.3) is 0 Å². The number of hydrogen-bond donors (Lipinski definition) is 2. The van der Waals surface area contributed by atoms with Crippen LogP contribution in [-0.2, 0) is 21.7 Å². The van der Waals surface area contributed by atoms with Gasteiger partial charge in [-0.15, -0.1) is 0 Å². The van der Waals surface area contributed by atoms with Gasteiger partial charge in [0, 0.05) is 42.0 Å². The number of amides is 2. The third-order valence-corrected chi connectivity index (χ3v) is 6.25. The van der Waals surface area contributed by atoms with Gasteiger partial charge >= 0.3 is 6.18 Å². The highest BCUT2D eigenvalue weighted by molar-refractivity contribution is 7.89. The summed E-state index contributed by atoms with van der Waals surface area (Å²) < 4.78 is 108. The van der Waals surface area contributed by atoms with Gasteiger partial charge in [0.2, 0.25) is 0 Å². The minimum atomic E-state index is -4.99. The molecule has 4 rings (SSSR count). The lowest BCUT2D eigenvalue weighted by Gasteiger charge is -2.19. The van der Waals surface area contributed by atoms with Crippen LogP contribution in [0.4, 0.5) is 27.6 Å². The molecule has 0 saturated carbocycles. The van der Waals surface area contributed by atoms with Gasteiger partial charge in [0.05, 0.1) is 17.3 Å². The normalized spacial score (nSPS) is 16.5. The SMILES string of the molecule is [2H]C([2H])(c1cc(NC(=O)c2cc(F)cc(C(F)(F)F)c2)c2c(c1)C(=O)NC2c1cc(F)ccc1Cl)S(C)(=O)=O. The van der Waals surface area contributed by atoms with Crippen LogP contribution < -0.4 is 10.6 Å². The second-order valence-electron chi connectivity index (χ2n) is 8.11. The van der Waals surface area contributed by atoms with Gasteiger partial charge in [0.15, 0.2) is 9.84 Å². The fourth-order valence-electron chi connectivity index (χ4n) is 3.86. The molecule has 1 aliphatic rings. The van der Waals surface area contributed by atoms with E-state index in [0.29, 0.717) is 18.4 Å². The lowest BCUT2D eigenvalue weighted by atomic mass is 9.94. The van der Waals surface area contributed by atoms with Crippen molar-refractivity contribution in [3.63, 3.8) is 0 Å². The molecule has 0 fully saturated rings. The summed E-state index contributed by atoms with van der Waals surface area (Å²) in [6.45, 7) is 0. The minimum absolute atomic E-state index is 0.0117. The van der Waals surface area contributed by atoms with Crippen LogP contribution in [-0.4, -0.2) is 26.5 Å². The number of sulfone groups is 1. The van der Waals surface area contributed by atoms with E-state index in [1.165, 1.54) is 6.07 Å². The standard InChI is InChI=1S/C24H16ClF5N2O4S/c1-37(35,36)10-11-4-17-20(21(32-23(17)34)16-9-14(26)2-3-18(16)25)19(5-11)31-22(33)12-6-13(24(28,29)30)8-15(27)7-12/h2-9,21H,10H2,1H3,(H,31,33)(H,32,34)/i10D2. The van der Waals surface area contributed by atoms with Gasteiger partial charge in [-0.1, -0.05) is 11.6 Å². The van der Waals surface area contributed by atoms with E-state index in [1.54, 1.807) is 0 Å². The monoisotopic (exact) mass is 560 g/mol. The number of carbonyl (C=O) groups is 2. The molecule has 2 N–H and O–H groups in total. The van der Waals surface area contributed by atoms with Gasteiger partial charge in [0.1, 0.15) is 11.6 Å². The van der Waals surface area contributed by atoms with Crippen molar-refractivity contribution in [3.8, 4) is 0 Å². The molecular weight excluding hydrogens is 543 g/mol. The Morgan fingerprint density at radius 3 is 2.46 bits per heavy atom. The summed E-state index contributed by atoms with van der Waals surface area (Å²) in [5.41, 5.74) is -6.68. The van der Waals surface area contributed by atoms with Crippen molar-refractivity contribution in [1.82, 2.24) is 5.32 Å². The molecule has 0 radical (unpaired) electrons. The first-order chi connectivity index (χ1) is 17.9. The molecule has 0 bridgehead atoms. The Hall–Kier alpha value is -3.51. The Labute approximate surface area is 215 Å². The second-order valence-corrected chi connectivity index (χ2v) is 10.3. The van der Waals surface area contributed by atoms with Crippen LogP contribution in [0.2, 0.25) is 5.02 Å². The molecule has 194 valence electrons. The van der Waals surface area contributed by atoms with E-state index >= 15 is 0 Å². The Morgan fingerprint density at radius 2 is 1.81 bits per heavy atom. The van der Waals surface area contributed by atoms with E-state index < -0.39 is 73.6 Å². The summed E-state index contributed by atoms with van der Waals surface area (Å²) in [7, 11) is -4.45. The maximum atomic E-state index is 14.0. The number of nitrogens with one attached hydrogen (secondary N) is 2. The third-order valence-electron chi connectivity index (χ3n) is 5.30. The second kappa shape index (κ2) is 9.42. The van der Waals surface area contributed by atoms with Gasteiger partial charge in [-0.25, -0.2) is 17.2 Å². The van der Waals surface area contributed by atoms with Crippen molar-refractivity contribution in [2.75, 3.05) is 11.6 Å². The highest BCUT2D eigenvalue weighted by atomic mass is 35.5.